The Balaban J connectivity index is 1.82. The van der Waals surface area contributed by atoms with Crippen LogP contribution in [0.3, 0.4) is 0 Å². The molecule has 1 atom stereocenters. The molecule has 7 nitrogen and oxygen atoms in total. The Morgan fingerprint density at radius 3 is 2.88 bits per heavy atom. The molecule has 1 saturated heterocycles. The molecule has 0 bridgehead atoms. The fourth-order valence-electron chi connectivity index (χ4n) is 3.00. The first-order chi connectivity index (χ1) is 11.3. The van der Waals surface area contributed by atoms with Gasteiger partial charge in [0, 0.05) is 59.1 Å². The van der Waals surface area contributed by atoms with Crippen LogP contribution >= 0.6 is 0 Å². The van der Waals surface area contributed by atoms with Crippen LogP contribution in [-0.4, -0.2) is 84.1 Å². The molecule has 24 heavy (non-hydrogen) atoms. The predicted octanol–water partition coefficient (Wildman–Crippen LogP) is 0.547. The number of nitrogens with zero attached hydrogens (tertiary/aromatic N) is 4. The smallest absolute Gasteiger partial charge is 0.248 e. The van der Waals surface area contributed by atoms with Crippen LogP contribution in [0.5, 0.6) is 0 Å². The third-order valence-corrected chi connectivity index (χ3v) is 4.19. The first-order valence-corrected chi connectivity index (χ1v) is 8.42. The number of likely N-dealkylation sites (N-methyl/N-ethyl adjacent to an activating group) is 1. The molecule has 1 aliphatic rings. The van der Waals surface area contributed by atoms with Crippen LogP contribution in [0.15, 0.2) is 12.3 Å². The van der Waals surface area contributed by atoms with E-state index in [1.807, 2.05) is 17.9 Å². The van der Waals surface area contributed by atoms with E-state index < -0.39 is 0 Å². The lowest BCUT2D eigenvalue weighted by atomic mass is 10.0. The molecule has 1 fully saturated rings. The van der Waals surface area contributed by atoms with Crippen LogP contribution in [-0.2, 0) is 27.7 Å². The SMILES string of the molecule is CN(C)C(=O)COC[C@@H]1CN(CCc2ccnn2C)CC(C)(C)O1. The third-order valence-electron chi connectivity index (χ3n) is 4.19. The number of hydrogen-bond acceptors (Lipinski definition) is 5. The predicted molar refractivity (Wildman–Crippen MR) is 91.8 cm³/mol. The van der Waals surface area contributed by atoms with Gasteiger partial charge >= 0.3 is 0 Å². The van der Waals surface area contributed by atoms with Crippen molar-refractivity contribution in [3.63, 3.8) is 0 Å². The lowest BCUT2D eigenvalue weighted by Crippen LogP contribution is -2.54. The summed E-state index contributed by atoms with van der Waals surface area (Å²) in [5.74, 6) is -0.0295. The van der Waals surface area contributed by atoms with Gasteiger partial charge in [0.25, 0.3) is 0 Å². The summed E-state index contributed by atoms with van der Waals surface area (Å²) in [5.41, 5.74) is 1.01. The van der Waals surface area contributed by atoms with Crippen molar-refractivity contribution < 1.29 is 14.3 Å². The van der Waals surface area contributed by atoms with Crippen molar-refractivity contribution in [2.75, 3.05) is 46.9 Å². The maximum atomic E-state index is 11.6. The first kappa shape index (κ1) is 18.9. The molecular weight excluding hydrogens is 308 g/mol. The van der Waals surface area contributed by atoms with Gasteiger partial charge < -0.3 is 14.4 Å². The van der Waals surface area contributed by atoms with E-state index in [1.54, 1.807) is 14.1 Å². The summed E-state index contributed by atoms with van der Waals surface area (Å²) < 4.78 is 13.6. The second-order valence-electron chi connectivity index (χ2n) is 7.23. The second kappa shape index (κ2) is 8.09. The zero-order chi connectivity index (χ0) is 17.7. The van der Waals surface area contributed by atoms with Crippen molar-refractivity contribution in [2.45, 2.75) is 32.0 Å². The number of carbonyl (C=O) groups excluding carboxylic acids is 1. The Kier molecular flexibility index (Phi) is 6.37. The van der Waals surface area contributed by atoms with Crippen molar-refractivity contribution in [1.29, 1.82) is 0 Å². The Bertz CT molecular complexity index is 542. The molecule has 1 aromatic heterocycles. The third kappa shape index (κ3) is 5.58. The van der Waals surface area contributed by atoms with Crippen molar-refractivity contribution in [3.8, 4) is 0 Å². The normalized spacial score (nSPS) is 21.0. The van der Waals surface area contributed by atoms with Gasteiger partial charge in [0.05, 0.1) is 18.3 Å². The van der Waals surface area contributed by atoms with Crippen LogP contribution < -0.4 is 0 Å². The van der Waals surface area contributed by atoms with Gasteiger partial charge in [-0.25, -0.2) is 0 Å². The van der Waals surface area contributed by atoms with E-state index in [0.29, 0.717) is 6.61 Å². The van der Waals surface area contributed by atoms with E-state index in [0.717, 1.165) is 26.1 Å². The van der Waals surface area contributed by atoms with Crippen LogP contribution in [0.2, 0.25) is 0 Å². The summed E-state index contributed by atoms with van der Waals surface area (Å²) in [7, 11) is 5.43. The fraction of sp³-hybridized carbons (Fsp3) is 0.765. The monoisotopic (exact) mass is 338 g/mol. The van der Waals surface area contributed by atoms with Crippen LogP contribution in [0, 0.1) is 0 Å². The van der Waals surface area contributed by atoms with Crippen molar-refractivity contribution >= 4 is 5.91 Å². The molecule has 0 aromatic carbocycles. The minimum absolute atomic E-state index is 0.0183. The van der Waals surface area contributed by atoms with Gasteiger partial charge in [0.15, 0.2) is 0 Å². The highest BCUT2D eigenvalue weighted by Gasteiger charge is 2.33. The average Bonchev–Trinajstić information content (AvgIpc) is 2.88. The number of ether oxygens (including phenoxy) is 2. The molecule has 0 unspecified atom stereocenters. The highest BCUT2D eigenvalue weighted by molar-refractivity contribution is 5.76. The number of amides is 1. The van der Waals surface area contributed by atoms with Crippen LogP contribution in [0.25, 0.3) is 0 Å². The topological polar surface area (TPSA) is 59.8 Å². The molecule has 2 heterocycles. The molecule has 0 aliphatic carbocycles. The number of aryl methyl sites for hydroxylation is 1. The summed E-state index contributed by atoms with van der Waals surface area (Å²) >= 11 is 0. The standard InChI is InChI=1S/C17H30N4O3/c1-17(2)13-21(9-7-14-6-8-18-20(14)5)10-15(24-17)11-23-12-16(22)19(3)4/h6,8,15H,7,9-13H2,1-5H3/t15-/m0/s1. The van der Waals surface area contributed by atoms with Crippen molar-refractivity contribution in [3.05, 3.63) is 18.0 Å². The van der Waals surface area contributed by atoms with E-state index in [1.165, 1.54) is 10.6 Å². The zero-order valence-corrected chi connectivity index (χ0v) is 15.5. The maximum absolute atomic E-state index is 11.6. The van der Waals surface area contributed by atoms with Gasteiger partial charge in [-0.1, -0.05) is 0 Å². The first-order valence-electron chi connectivity index (χ1n) is 8.42. The number of aromatic nitrogens is 2. The van der Waals surface area contributed by atoms with Gasteiger partial charge in [-0.15, -0.1) is 0 Å². The van der Waals surface area contributed by atoms with Crippen LogP contribution in [0.1, 0.15) is 19.5 Å². The number of hydrogen-bond donors (Lipinski definition) is 0. The average molecular weight is 338 g/mol. The molecule has 1 amide bonds. The summed E-state index contributed by atoms with van der Waals surface area (Å²) in [6.07, 6.45) is 2.77. The highest BCUT2D eigenvalue weighted by atomic mass is 16.5. The quantitative estimate of drug-likeness (QED) is 0.726. The molecule has 1 aromatic rings. The van der Waals surface area contributed by atoms with Crippen molar-refractivity contribution in [1.82, 2.24) is 19.6 Å². The molecule has 7 heteroatoms. The lowest BCUT2D eigenvalue weighted by molar-refractivity contribution is -0.159. The molecule has 0 saturated carbocycles. The summed E-state index contributed by atoms with van der Waals surface area (Å²) in [6.45, 7) is 7.39. The number of rotatable bonds is 7. The van der Waals surface area contributed by atoms with Gasteiger partial charge in [0.2, 0.25) is 5.91 Å². The summed E-state index contributed by atoms with van der Waals surface area (Å²) in [5, 5.41) is 4.21. The Morgan fingerprint density at radius 1 is 1.50 bits per heavy atom. The molecule has 0 radical (unpaired) electrons. The van der Waals surface area contributed by atoms with Gasteiger partial charge in [-0.05, 0) is 19.9 Å². The molecule has 0 spiro atoms. The summed E-state index contributed by atoms with van der Waals surface area (Å²) in [6, 6.07) is 2.05. The lowest BCUT2D eigenvalue weighted by Gasteiger charge is -2.42. The van der Waals surface area contributed by atoms with E-state index in [-0.39, 0.29) is 24.2 Å². The van der Waals surface area contributed by atoms with Crippen molar-refractivity contribution in [2.24, 2.45) is 7.05 Å². The Morgan fingerprint density at radius 2 is 2.25 bits per heavy atom. The van der Waals surface area contributed by atoms with Crippen LogP contribution in [0.4, 0.5) is 0 Å². The number of carbonyl (C=O) groups is 1. The zero-order valence-electron chi connectivity index (χ0n) is 15.5. The Hall–Kier alpha value is -1.44. The van der Waals surface area contributed by atoms with Gasteiger partial charge in [-0.2, -0.15) is 5.10 Å². The van der Waals surface area contributed by atoms with E-state index in [2.05, 4.69) is 29.9 Å². The van der Waals surface area contributed by atoms with E-state index >= 15 is 0 Å². The minimum Gasteiger partial charge on any atom is -0.369 e. The highest BCUT2D eigenvalue weighted by Crippen LogP contribution is 2.21. The molecule has 1 aliphatic heterocycles. The minimum atomic E-state index is -0.218. The summed E-state index contributed by atoms with van der Waals surface area (Å²) in [4.78, 5) is 15.5. The van der Waals surface area contributed by atoms with Gasteiger partial charge in [-0.3, -0.25) is 14.4 Å². The number of morpholine rings is 1. The molecule has 2 rings (SSSR count). The largest absolute Gasteiger partial charge is 0.369 e. The van der Waals surface area contributed by atoms with E-state index in [9.17, 15) is 4.79 Å². The fourth-order valence-corrected chi connectivity index (χ4v) is 3.00. The Labute approximate surface area is 144 Å². The second-order valence-corrected chi connectivity index (χ2v) is 7.23. The maximum Gasteiger partial charge on any atom is 0.248 e. The molecule has 136 valence electrons. The molecular formula is C17H30N4O3. The van der Waals surface area contributed by atoms with Gasteiger partial charge in [0.1, 0.15) is 6.61 Å². The van der Waals surface area contributed by atoms with E-state index in [4.69, 9.17) is 9.47 Å². The molecule has 0 N–H and O–H groups in total.